The maximum atomic E-state index is 6.49. The number of rotatable bonds is 12. The van der Waals surface area contributed by atoms with Gasteiger partial charge in [-0.05, 0) is 174 Å². The first-order valence-electron chi connectivity index (χ1n) is 30.6. The van der Waals surface area contributed by atoms with Gasteiger partial charge in [0.1, 0.15) is 10.0 Å². The van der Waals surface area contributed by atoms with Crippen LogP contribution in [0.5, 0.6) is 0 Å². The summed E-state index contributed by atoms with van der Waals surface area (Å²) in [7, 11) is 0. The number of benzene rings is 12. The van der Waals surface area contributed by atoms with E-state index in [-0.39, 0.29) is 0 Å². The van der Waals surface area contributed by atoms with E-state index in [4.69, 9.17) is 14.4 Å². The Hall–Kier alpha value is -11.4. The Kier molecular flexibility index (Phi) is 14.0. The zero-order chi connectivity index (χ0) is 60.9. The maximum absolute atomic E-state index is 6.49. The van der Waals surface area contributed by atoms with Gasteiger partial charge in [-0.25, -0.2) is 9.97 Å². The Bertz CT molecular complexity index is 5150. The lowest BCUT2D eigenvalue weighted by Gasteiger charge is -2.25. The second-order valence-electron chi connectivity index (χ2n) is 22.5. The first-order chi connectivity index (χ1) is 45.6. The monoisotopic (exact) mass is 1230 g/mol. The van der Waals surface area contributed by atoms with Gasteiger partial charge in [-0.2, -0.15) is 0 Å². The topological polar surface area (TPSA) is 55.3 Å². The molecular formula is C82H54N6OS3. The molecule has 0 aliphatic heterocycles. The average molecular weight is 1240 g/mol. The number of hydrogen-bond acceptors (Lipinski definition) is 8. The van der Waals surface area contributed by atoms with E-state index in [9.17, 15) is 0 Å². The molecule has 0 radical (unpaired) electrons. The smallest absolute Gasteiger partial charge is 0.205 e. The molecule has 7 nitrogen and oxygen atoms in total. The lowest BCUT2D eigenvalue weighted by Crippen LogP contribution is -2.09. The molecule has 6 aromatic heterocycles. The van der Waals surface area contributed by atoms with Crippen LogP contribution in [0.4, 0.5) is 34.1 Å². The maximum Gasteiger partial charge on any atom is 0.205 e. The van der Waals surface area contributed by atoms with Crippen molar-refractivity contribution in [3.63, 3.8) is 0 Å². The van der Waals surface area contributed by atoms with Crippen LogP contribution in [-0.4, -0.2) is 19.1 Å². The zero-order valence-corrected chi connectivity index (χ0v) is 51.9. The summed E-state index contributed by atoms with van der Waals surface area (Å²) in [5.41, 5.74) is 18.2. The third kappa shape index (κ3) is 10.1. The molecule has 18 rings (SSSR count). The molecule has 18 aromatic rings. The summed E-state index contributed by atoms with van der Waals surface area (Å²) in [5, 5.41) is 8.03. The van der Waals surface area contributed by atoms with Gasteiger partial charge in [0.2, 0.25) is 5.88 Å². The molecule has 0 bridgehead atoms. The lowest BCUT2D eigenvalue weighted by atomic mass is 10.0. The number of nitrogens with zero attached hydrogens (tertiary/aromatic N) is 6. The van der Waals surface area contributed by atoms with Crippen LogP contribution in [0.1, 0.15) is 0 Å². The number of aromatic nitrogens is 4. The van der Waals surface area contributed by atoms with Gasteiger partial charge in [-0.15, -0.1) is 34.0 Å². The molecule has 0 fully saturated rings. The lowest BCUT2D eigenvalue weighted by molar-refractivity contribution is 0.560. The molecule has 92 heavy (non-hydrogen) atoms. The van der Waals surface area contributed by atoms with Crippen LogP contribution in [0, 0.1) is 0 Å². The minimum atomic E-state index is 0.777. The van der Waals surface area contributed by atoms with Gasteiger partial charge in [0, 0.05) is 61.7 Å². The average Bonchev–Trinajstić information content (AvgIpc) is 1.60. The number of furan rings is 1. The van der Waals surface area contributed by atoms with Crippen molar-refractivity contribution < 1.29 is 4.42 Å². The van der Waals surface area contributed by atoms with Crippen LogP contribution in [0.25, 0.3) is 118 Å². The summed E-state index contributed by atoms with van der Waals surface area (Å²) < 4.78 is 13.5. The van der Waals surface area contributed by atoms with Crippen molar-refractivity contribution in [1.82, 2.24) is 19.1 Å². The van der Waals surface area contributed by atoms with E-state index >= 15 is 0 Å². The van der Waals surface area contributed by atoms with Gasteiger partial charge in [0.05, 0.1) is 47.4 Å². The highest BCUT2D eigenvalue weighted by molar-refractivity contribution is 7.26. The Morgan fingerprint density at radius 2 is 0.674 bits per heavy atom. The molecule has 0 N–H and O–H groups in total. The Morgan fingerprint density at radius 1 is 0.283 bits per heavy atom. The molecule has 0 amide bonds. The van der Waals surface area contributed by atoms with E-state index in [0.29, 0.717) is 0 Å². The summed E-state index contributed by atoms with van der Waals surface area (Å²) in [4.78, 5) is 15.5. The summed E-state index contributed by atoms with van der Waals surface area (Å²) >= 11 is 5.20. The van der Waals surface area contributed by atoms with E-state index in [1.165, 1.54) is 69.4 Å². The summed E-state index contributed by atoms with van der Waals surface area (Å²) in [6, 6.07) is 116. The second-order valence-corrected chi connectivity index (χ2v) is 25.6. The predicted molar refractivity (Wildman–Crippen MR) is 389 cm³/mol. The highest BCUT2D eigenvalue weighted by Gasteiger charge is 2.21. The van der Waals surface area contributed by atoms with Crippen molar-refractivity contribution in [2.24, 2.45) is 0 Å². The van der Waals surface area contributed by atoms with Crippen molar-refractivity contribution in [1.29, 1.82) is 0 Å². The number of para-hydroxylation sites is 8. The van der Waals surface area contributed by atoms with Gasteiger partial charge in [0.25, 0.3) is 0 Å². The normalized spacial score (nSPS) is 11.5. The van der Waals surface area contributed by atoms with Crippen LogP contribution >= 0.6 is 34.0 Å². The first-order valence-corrected chi connectivity index (χ1v) is 33.1. The number of fused-ring (bicyclic) bond motifs is 8. The molecule has 0 aliphatic carbocycles. The van der Waals surface area contributed by atoms with Crippen LogP contribution in [0.3, 0.4) is 0 Å². The molecular weight excluding hydrogens is 1180 g/mol. The molecule has 0 saturated carbocycles. The summed E-state index contributed by atoms with van der Waals surface area (Å²) in [5.74, 6) is 1.55. The number of anilines is 6. The number of thiophene rings is 1. The molecule has 0 atom stereocenters. The third-order valence-corrected chi connectivity index (χ3v) is 20.3. The van der Waals surface area contributed by atoms with Gasteiger partial charge in [0.15, 0.2) is 10.8 Å². The van der Waals surface area contributed by atoms with E-state index in [2.05, 4.69) is 316 Å². The van der Waals surface area contributed by atoms with Crippen molar-refractivity contribution in [3.05, 3.63) is 328 Å². The highest BCUT2D eigenvalue weighted by atomic mass is 32.1. The molecule has 12 aromatic carbocycles. The molecule has 0 unspecified atom stereocenters. The molecule has 0 saturated heterocycles. The van der Waals surface area contributed by atoms with Crippen molar-refractivity contribution in [2.45, 2.75) is 0 Å². The second kappa shape index (κ2) is 23.5. The molecule has 10 heteroatoms. The van der Waals surface area contributed by atoms with Gasteiger partial charge < -0.3 is 18.8 Å². The van der Waals surface area contributed by atoms with Crippen LogP contribution in [0.15, 0.2) is 332 Å². The van der Waals surface area contributed by atoms with E-state index in [1.54, 1.807) is 34.0 Å². The van der Waals surface area contributed by atoms with E-state index in [0.717, 1.165) is 82.6 Å². The summed E-state index contributed by atoms with van der Waals surface area (Å²) in [6.07, 6.45) is 0. The van der Waals surface area contributed by atoms with Crippen molar-refractivity contribution in [3.8, 4) is 53.8 Å². The van der Waals surface area contributed by atoms with Gasteiger partial charge >= 0.3 is 0 Å². The summed E-state index contributed by atoms with van der Waals surface area (Å²) in [6.45, 7) is 0. The fraction of sp³-hybridized carbons (Fsp3) is 0. The highest BCUT2D eigenvalue weighted by Crippen LogP contribution is 2.44. The Morgan fingerprint density at radius 3 is 1.17 bits per heavy atom. The largest absolute Gasteiger partial charge is 0.437 e. The predicted octanol–water partition coefficient (Wildman–Crippen LogP) is 24.0. The van der Waals surface area contributed by atoms with E-state index in [1.807, 2.05) is 30.3 Å². The van der Waals surface area contributed by atoms with Crippen molar-refractivity contribution >= 4 is 132 Å². The quantitative estimate of drug-likeness (QED) is 0.122. The van der Waals surface area contributed by atoms with Crippen LogP contribution in [0.2, 0.25) is 0 Å². The molecule has 6 heterocycles. The SMILES string of the molecule is c1ccc(N(c2ccccc2)c2ccc(-c3ccc4c(c3)c3ccccc3n4-c3ccc(-c4nc5ccccc5s4)o3)cc2)cc1.c1ccc(N(c2ccccc2)c2ccc(-c3ccc4c(c3)c3ccccc3n4-c3ccc(-c4nc5ccccc5s4)s3)cc2)cc1. The fourth-order valence-corrected chi connectivity index (χ4v) is 15.7. The van der Waals surface area contributed by atoms with Crippen LogP contribution in [-0.2, 0) is 0 Å². The number of thiazole rings is 2. The molecule has 0 aliphatic rings. The van der Waals surface area contributed by atoms with E-state index < -0.39 is 0 Å². The Labute approximate surface area is 543 Å². The third-order valence-electron chi connectivity index (χ3n) is 17.0. The minimum Gasteiger partial charge on any atom is -0.437 e. The van der Waals surface area contributed by atoms with Crippen LogP contribution < -0.4 is 9.80 Å². The first kappa shape index (κ1) is 54.7. The minimum absolute atomic E-state index is 0.777. The zero-order valence-electron chi connectivity index (χ0n) is 49.5. The van der Waals surface area contributed by atoms with Gasteiger partial charge in [-0.1, -0.05) is 170 Å². The molecule has 436 valence electrons. The standard InChI is InChI=1S/C41H27N3OS.C41H27N3S2/c1-3-11-30(12-4-1)43(31-13-5-2-6-14-31)32-22-19-28(20-23-32)29-21-24-37-34(27-29)33-15-7-9-17-36(33)44(37)40-26-25-38(45-40)41-42-35-16-8-10-18-39(35)46-41;1-3-11-30(12-4-1)43(31-13-5-2-6-14-31)32-22-19-28(20-23-32)29-21-24-37-34(27-29)33-15-7-9-17-36(33)44(37)40-26-25-39(45-40)41-42-35-16-8-10-18-38(35)46-41/h2*1-27H. The van der Waals surface area contributed by atoms with Gasteiger partial charge in [-0.3, -0.25) is 4.57 Å². The van der Waals surface area contributed by atoms with Crippen molar-refractivity contribution in [2.75, 3.05) is 9.80 Å². The fourth-order valence-electron chi connectivity index (χ4n) is 12.7. The number of hydrogen-bond donors (Lipinski definition) is 0. The molecule has 0 spiro atoms. The Balaban J connectivity index is 0.000000141.